The number of carboxylic acids is 1. The standard InChI is InChI=1S/C23H36O10S/c1-4-29-21(23(25)26)13-16-31-19-10-11-20(18(17-19)9-12-22(24)30-5-2)32-14-7-6-8-15-33-34(3,27)28/h10-11,17,21H,4-9,12-16H2,1-3H3,(H,25,26). The fourth-order valence-electron chi connectivity index (χ4n) is 2.99. The quantitative estimate of drug-likeness (QED) is 0.170. The summed E-state index contributed by atoms with van der Waals surface area (Å²) in [7, 11) is -3.42. The van der Waals surface area contributed by atoms with Crippen LogP contribution in [0, 0.1) is 0 Å². The van der Waals surface area contributed by atoms with Gasteiger partial charge in [-0.2, -0.15) is 8.42 Å². The molecule has 11 heteroatoms. The molecule has 34 heavy (non-hydrogen) atoms. The highest BCUT2D eigenvalue weighted by molar-refractivity contribution is 7.85. The Kier molecular flexibility index (Phi) is 14.2. The molecule has 10 nitrogen and oxygen atoms in total. The van der Waals surface area contributed by atoms with Crippen LogP contribution in [0.25, 0.3) is 0 Å². The number of benzene rings is 1. The lowest BCUT2D eigenvalue weighted by atomic mass is 10.1. The molecule has 0 aromatic heterocycles. The first-order valence-electron chi connectivity index (χ1n) is 11.4. The summed E-state index contributed by atoms with van der Waals surface area (Å²) in [4.78, 5) is 23.0. The van der Waals surface area contributed by atoms with Crippen molar-refractivity contribution in [1.29, 1.82) is 0 Å². The summed E-state index contributed by atoms with van der Waals surface area (Å²) in [6, 6.07) is 5.24. The molecule has 1 N–H and O–H groups in total. The van der Waals surface area contributed by atoms with Gasteiger partial charge in [-0.15, -0.1) is 0 Å². The maximum absolute atomic E-state index is 11.8. The highest BCUT2D eigenvalue weighted by atomic mass is 32.2. The number of aliphatic carboxylic acids is 1. The van der Waals surface area contributed by atoms with Gasteiger partial charge < -0.3 is 24.1 Å². The molecule has 0 saturated carbocycles. The van der Waals surface area contributed by atoms with Gasteiger partial charge >= 0.3 is 11.9 Å². The molecule has 0 bridgehead atoms. The van der Waals surface area contributed by atoms with Gasteiger partial charge in [-0.25, -0.2) is 4.79 Å². The van der Waals surface area contributed by atoms with E-state index in [2.05, 4.69) is 0 Å². The van der Waals surface area contributed by atoms with E-state index in [1.807, 2.05) is 0 Å². The van der Waals surface area contributed by atoms with Gasteiger partial charge in [0.15, 0.2) is 6.10 Å². The van der Waals surface area contributed by atoms with E-state index in [-0.39, 0.29) is 32.0 Å². The van der Waals surface area contributed by atoms with Crippen molar-refractivity contribution in [3.05, 3.63) is 23.8 Å². The molecular weight excluding hydrogens is 468 g/mol. The summed E-state index contributed by atoms with van der Waals surface area (Å²) in [6.07, 6.45) is 2.90. The van der Waals surface area contributed by atoms with E-state index in [0.717, 1.165) is 18.2 Å². The molecule has 0 saturated heterocycles. The van der Waals surface area contributed by atoms with Crippen LogP contribution >= 0.6 is 0 Å². The maximum atomic E-state index is 11.8. The third-order valence-corrected chi connectivity index (χ3v) is 5.17. The minimum absolute atomic E-state index is 0.141. The van der Waals surface area contributed by atoms with E-state index in [1.165, 1.54) is 0 Å². The molecule has 0 heterocycles. The van der Waals surface area contributed by atoms with Crippen LogP contribution < -0.4 is 9.47 Å². The Morgan fingerprint density at radius 3 is 2.38 bits per heavy atom. The van der Waals surface area contributed by atoms with Crippen LogP contribution in [0.4, 0.5) is 0 Å². The van der Waals surface area contributed by atoms with Gasteiger partial charge in [0.2, 0.25) is 0 Å². The Hall–Kier alpha value is -2.37. The molecule has 0 aliphatic carbocycles. The predicted molar refractivity (Wildman–Crippen MR) is 125 cm³/mol. The van der Waals surface area contributed by atoms with E-state index in [0.29, 0.717) is 50.6 Å². The molecule has 0 spiro atoms. The highest BCUT2D eigenvalue weighted by Crippen LogP contribution is 2.26. The number of unbranched alkanes of at least 4 members (excludes halogenated alkanes) is 2. The number of hydrogen-bond donors (Lipinski definition) is 1. The molecule has 194 valence electrons. The van der Waals surface area contributed by atoms with Crippen LogP contribution in [0.2, 0.25) is 0 Å². The zero-order valence-corrected chi connectivity index (χ0v) is 20.9. The van der Waals surface area contributed by atoms with Crippen LogP contribution in [-0.2, 0) is 39.8 Å². The second-order valence-corrected chi connectivity index (χ2v) is 9.07. The number of carbonyl (C=O) groups is 2. The number of carboxylic acid groups (broad SMARTS) is 1. The zero-order chi connectivity index (χ0) is 25.4. The van der Waals surface area contributed by atoms with E-state index in [1.54, 1.807) is 32.0 Å². The van der Waals surface area contributed by atoms with Crippen molar-refractivity contribution < 1.29 is 46.2 Å². The highest BCUT2D eigenvalue weighted by Gasteiger charge is 2.17. The van der Waals surface area contributed by atoms with Crippen LogP contribution in [0.3, 0.4) is 0 Å². The first-order chi connectivity index (χ1) is 16.2. The van der Waals surface area contributed by atoms with Gasteiger partial charge in [0, 0.05) is 19.4 Å². The molecule has 0 radical (unpaired) electrons. The van der Waals surface area contributed by atoms with Crippen molar-refractivity contribution in [1.82, 2.24) is 0 Å². The van der Waals surface area contributed by atoms with Gasteiger partial charge in [-0.05, 0) is 63.3 Å². The lowest BCUT2D eigenvalue weighted by molar-refractivity contribution is -0.151. The summed E-state index contributed by atoms with van der Waals surface area (Å²) in [5.41, 5.74) is 0.769. The van der Waals surface area contributed by atoms with Crippen molar-refractivity contribution in [2.45, 2.75) is 58.5 Å². The van der Waals surface area contributed by atoms with Crippen molar-refractivity contribution >= 4 is 22.1 Å². The van der Waals surface area contributed by atoms with Crippen LogP contribution in [0.5, 0.6) is 11.5 Å². The Morgan fingerprint density at radius 1 is 1.00 bits per heavy atom. The Bertz CT molecular complexity index is 853. The first kappa shape index (κ1) is 29.7. The molecule has 0 aliphatic rings. The molecule has 1 aromatic rings. The molecule has 0 aliphatic heterocycles. The minimum atomic E-state index is -3.42. The SMILES string of the molecule is CCOC(=O)CCc1cc(OCCC(OCC)C(=O)O)ccc1OCCCCCOS(C)(=O)=O. The Morgan fingerprint density at radius 2 is 1.74 bits per heavy atom. The van der Waals surface area contributed by atoms with Crippen molar-refractivity contribution in [2.24, 2.45) is 0 Å². The largest absolute Gasteiger partial charge is 0.493 e. The van der Waals surface area contributed by atoms with Crippen molar-refractivity contribution in [3.8, 4) is 11.5 Å². The normalized spacial score (nSPS) is 12.2. The first-order valence-corrected chi connectivity index (χ1v) is 13.2. The number of ether oxygens (including phenoxy) is 4. The van der Waals surface area contributed by atoms with Gasteiger partial charge in [-0.1, -0.05) is 0 Å². The fourth-order valence-corrected chi connectivity index (χ4v) is 3.41. The summed E-state index contributed by atoms with van der Waals surface area (Å²) < 4.78 is 48.4. The van der Waals surface area contributed by atoms with Gasteiger partial charge in [0.1, 0.15) is 11.5 Å². The molecule has 0 fully saturated rings. The van der Waals surface area contributed by atoms with E-state index >= 15 is 0 Å². The van der Waals surface area contributed by atoms with Crippen LogP contribution in [0.15, 0.2) is 18.2 Å². The molecule has 1 aromatic carbocycles. The fraction of sp³-hybridized carbons (Fsp3) is 0.652. The van der Waals surface area contributed by atoms with Crippen LogP contribution in [0.1, 0.15) is 51.5 Å². The Labute approximate surface area is 201 Å². The average molecular weight is 505 g/mol. The van der Waals surface area contributed by atoms with Crippen LogP contribution in [-0.4, -0.2) is 70.9 Å². The third kappa shape index (κ3) is 13.4. The molecule has 1 rings (SSSR count). The molecule has 1 atom stereocenters. The summed E-state index contributed by atoms with van der Waals surface area (Å²) in [5.74, 6) is -0.203. The van der Waals surface area contributed by atoms with E-state index in [9.17, 15) is 18.0 Å². The number of carbonyl (C=O) groups excluding carboxylic acids is 1. The van der Waals surface area contributed by atoms with E-state index < -0.39 is 22.2 Å². The average Bonchev–Trinajstić information content (AvgIpc) is 2.76. The lowest BCUT2D eigenvalue weighted by Gasteiger charge is -2.15. The minimum Gasteiger partial charge on any atom is -0.493 e. The topological polar surface area (TPSA) is 135 Å². The number of aryl methyl sites for hydroxylation is 1. The lowest BCUT2D eigenvalue weighted by Crippen LogP contribution is -2.26. The van der Waals surface area contributed by atoms with E-state index in [4.69, 9.17) is 28.2 Å². The number of hydrogen-bond acceptors (Lipinski definition) is 9. The summed E-state index contributed by atoms with van der Waals surface area (Å²) in [5, 5.41) is 9.16. The summed E-state index contributed by atoms with van der Waals surface area (Å²) in [6.45, 7) is 4.79. The third-order valence-electron chi connectivity index (χ3n) is 4.57. The molecular formula is C23H36O10S. The van der Waals surface area contributed by atoms with Gasteiger partial charge in [0.25, 0.3) is 10.1 Å². The smallest absolute Gasteiger partial charge is 0.332 e. The maximum Gasteiger partial charge on any atom is 0.332 e. The summed E-state index contributed by atoms with van der Waals surface area (Å²) >= 11 is 0. The van der Waals surface area contributed by atoms with Gasteiger partial charge in [-0.3, -0.25) is 8.98 Å². The second kappa shape index (κ2) is 16.3. The molecule has 0 amide bonds. The van der Waals surface area contributed by atoms with Gasteiger partial charge in [0.05, 0.1) is 32.7 Å². The molecule has 1 unspecified atom stereocenters. The Balaban J connectivity index is 2.65. The van der Waals surface area contributed by atoms with Crippen molar-refractivity contribution in [2.75, 3.05) is 39.3 Å². The number of esters is 1. The van der Waals surface area contributed by atoms with Crippen molar-refractivity contribution in [3.63, 3.8) is 0 Å². The zero-order valence-electron chi connectivity index (χ0n) is 20.1. The number of rotatable bonds is 19. The predicted octanol–water partition coefficient (Wildman–Crippen LogP) is 2.97. The monoisotopic (exact) mass is 504 g/mol. The second-order valence-electron chi connectivity index (χ2n) is 7.43.